The molecular weight excluding hydrogens is 240 g/mol. The van der Waals surface area contributed by atoms with Crippen LogP contribution in [0.2, 0.25) is 0 Å². The van der Waals surface area contributed by atoms with Crippen molar-refractivity contribution in [3.63, 3.8) is 0 Å². The predicted molar refractivity (Wildman–Crippen MR) is 70.6 cm³/mol. The van der Waals surface area contributed by atoms with Crippen molar-refractivity contribution in [1.82, 2.24) is 20.0 Å². The fraction of sp³-hybridized carbons (Fsp3) is 0.500. The lowest BCUT2D eigenvalue weighted by Gasteiger charge is -2.27. The topological polar surface area (TPSA) is 55.1 Å². The molecule has 0 N–H and O–H groups in total. The Hall–Kier alpha value is -1.75. The van der Waals surface area contributed by atoms with Crippen molar-refractivity contribution >= 4 is 0 Å². The van der Waals surface area contributed by atoms with E-state index < -0.39 is 0 Å². The highest BCUT2D eigenvalue weighted by Crippen LogP contribution is 2.21. The molecule has 0 saturated heterocycles. The molecule has 0 bridgehead atoms. The normalized spacial score (nSPS) is 15.5. The largest absolute Gasteiger partial charge is 0.361 e. The van der Waals surface area contributed by atoms with Gasteiger partial charge in [0.2, 0.25) is 0 Å². The van der Waals surface area contributed by atoms with E-state index in [1.54, 1.807) is 0 Å². The summed E-state index contributed by atoms with van der Waals surface area (Å²) in [5.74, 6) is 1.76. The number of nitrogens with zero attached hydrogens (tertiary/aromatic N) is 4. The third-order valence-corrected chi connectivity index (χ3v) is 3.71. The summed E-state index contributed by atoms with van der Waals surface area (Å²) in [6.45, 7) is 8.69. The second kappa shape index (κ2) is 4.74. The van der Waals surface area contributed by atoms with Crippen molar-refractivity contribution in [3.8, 4) is 0 Å². The van der Waals surface area contributed by atoms with Crippen molar-refractivity contribution in [2.75, 3.05) is 6.54 Å². The fourth-order valence-electron chi connectivity index (χ4n) is 2.54. The molecular formula is C14H18N4O. The molecule has 3 heterocycles. The summed E-state index contributed by atoms with van der Waals surface area (Å²) in [6.07, 6.45) is 2.98. The van der Waals surface area contributed by atoms with Gasteiger partial charge in [0.15, 0.2) is 0 Å². The summed E-state index contributed by atoms with van der Waals surface area (Å²) in [7, 11) is 0. The van der Waals surface area contributed by atoms with Gasteiger partial charge in [0, 0.05) is 31.4 Å². The van der Waals surface area contributed by atoms with Gasteiger partial charge in [-0.2, -0.15) is 0 Å². The Kier molecular flexibility index (Phi) is 3.06. The van der Waals surface area contributed by atoms with Gasteiger partial charge in [-0.3, -0.25) is 4.90 Å². The maximum atomic E-state index is 5.22. The Balaban J connectivity index is 1.79. The van der Waals surface area contributed by atoms with Crippen molar-refractivity contribution < 1.29 is 4.52 Å². The SMILES string of the molecule is Cc1ncc2c(n1)CN(Cc1c(C)noc1C)CC2. The van der Waals surface area contributed by atoms with Crippen LogP contribution < -0.4 is 0 Å². The highest BCUT2D eigenvalue weighted by molar-refractivity contribution is 5.23. The molecule has 2 aromatic rings. The number of aryl methyl sites for hydroxylation is 3. The second-order valence-electron chi connectivity index (χ2n) is 5.15. The average molecular weight is 258 g/mol. The van der Waals surface area contributed by atoms with Gasteiger partial charge in [0.1, 0.15) is 11.6 Å². The van der Waals surface area contributed by atoms with Gasteiger partial charge in [-0.25, -0.2) is 9.97 Å². The molecule has 0 spiro atoms. The molecule has 1 aliphatic heterocycles. The lowest BCUT2D eigenvalue weighted by Crippen LogP contribution is -2.31. The molecule has 0 atom stereocenters. The van der Waals surface area contributed by atoms with Crippen molar-refractivity contribution in [1.29, 1.82) is 0 Å². The standard InChI is InChI=1S/C14H18N4O/c1-9-13(10(2)19-17-9)7-18-5-4-12-6-15-11(3)16-14(12)8-18/h6H,4-5,7-8H2,1-3H3. The smallest absolute Gasteiger partial charge is 0.138 e. The number of hydrogen-bond acceptors (Lipinski definition) is 5. The van der Waals surface area contributed by atoms with E-state index >= 15 is 0 Å². The maximum Gasteiger partial charge on any atom is 0.138 e. The lowest BCUT2D eigenvalue weighted by molar-refractivity contribution is 0.239. The van der Waals surface area contributed by atoms with Crippen LogP contribution in [-0.2, 0) is 19.5 Å². The number of aromatic nitrogens is 3. The van der Waals surface area contributed by atoms with Crippen LogP contribution in [-0.4, -0.2) is 26.6 Å². The minimum Gasteiger partial charge on any atom is -0.361 e. The summed E-state index contributed by atoms with van der Waals surface area (Å²) >= 11 is 0. The zero-order chi connectivity index (χ0) is 13.4. The molecule has 19 heavy (non-hydrogen) atoms. The molecule has 1 aliphatic rings. The molecule has 5 heteroatoms. The van der Waals surface area contributed by atoms with Gasteiger partial charge in [0.05, 0.1) is 11.4 Å². The summed E-state index contributed by atoms with van der Waals surface area (Å²) < 4.78 is 5.22. The molecule has 0 fully saturated rings. The van der Waals surface area contributed by atoms with Crippen LogP contribution in [0.25, 0.3) is 0 Å². The maximum absolute atomic E-state index is 5.22. The van der Waals surface area contributed by atoms with Crippen LogP contribution in [0, 0.1) is 20.8 Å². The second-order valence-corrected chi connectivity index (χ2v) is 5.15. The van der Waals surface area contributed by atoms with E-state index in [1.807, 2.05) is 27.0 Å². The van der Waals surface area contributed by atoms with E-state index in [2.05, 4.69) is 20.0 Å². The number of rotatable bonds is 2. The van der Waals surface area contributed by atoms with Crippen molar-refractivity contribution in [3.05, 3.63) is 40.3 Å². The average Bonchev–Trinajstić information content (AvgIpc) is 2.70. The lowest BCUT2D eigenvalue weighted by atomic mass is 10.1. The van der Waals surface area contributed by atoms with E-state index in [0.29, 0.717) is 0 Å². The van der Waals surface area contributed by atoms with Crippen LogP contribution in [0.1, 0.15) is 34.1 Å². The van der Waals surface area contributed by atoms with Crippen LogP contribution in [0.15, 0.2) is 10.7 Å². The van der Waals surface area contributed by atoms with Crippen molar-refractivity contribution in [2.45, 2.75) is 40.3 Å². The molecule has 0 radical (unpaired) electrons. The Morgan fingerprint density at radius 3 is 2.89 bits per heavy atom. The van der Waals surface area contributed by atoms with E-state index in [9.17, 15) is 0 Å². The molecule has 0 unspecified atom stereocenters. The summed E-state index contributed by atoms with van der Waals surface area (Å²) in [6, 6.07) is 0. The van der Waals surface area contributed by atoms with E-state index in [4.69, 9.17) is 4.52 Å². The molecule has 2 aromatic heterocycles. The van der Waals surface area contributed by atoms with Crippen LogP contribution in [0.5, 0.6) is 0 Å². The van der Waals surface area contributed by atoms with Gasteiger partial charge in [0.25, 0.3) is 0 Å². The van der Waals surface area contributed by atoms with E-state index in [-0.39, 0.29) is 0 Å². The van der Waals surface area contributed by atoms with E-state index in [0.717, 1.165) is 49.0 Å². The Labute approximate surface area is 112 Å². The van der Waals surface area contributed by atoms with Crippen molar-refractivity contribution in [2.24, 2.45) is 0 Å². The van der Waals surface area contributed by atoms with Gasteiger partial charge < -0.3 is 4.52 Å². The first kappa shape index (κ1) is 12.3. The monoisotopic (exact) mass is 258 g/mol. The molecule has 0 saturated carbocycles. The minimum atomic E-state index is 0.845. The Morgan fingerprint density at radius 2 is 2.16 bits per heavy atom. The number of fused-ring (bicyclic) bond motifs is 1. The molecule has 5 nitrogen and oxygen atoms in total. The van der Waals surface area contributed by atoms with Crippen LogP contribution in [0.3, 0.4) is 0 Å². The third-order valence-electron chi connectivity index (χ3n) is 3.71. The zero-order valence-corrected chi connectivity index (χ0v) is 11.6. The summed E-state index contributed by atoms with van der Waals surface area (Å²) in [5.41, 5.74) is 4.63. The highest BCUT2D eigenvalue weighted by Gasteiger charge is 2.20. The molecule has 0 amide bonds. The summed E-state index contributed by atoms with van der Waals surface area (Å²) in [5, 5.41) is 4.01. The first-order valence-corrected chi connectivity index (χ1v) is 6.59. The molecule has 3 rings (SSSR count). The minimum absolute atomic E-state index is 0.845. The van der Waals surface area contributed by atoms with Crippen LogP contribution >= 0.6 is 0 Å². The molecule has 0 aromatic carbocycles. The first-order chi connectivity index (χ1) is 9.13. The first-order valence-electron chi connectivity index (χ1n) is 6.59. The van der Waals surface area contributed by atoms with Crippen LogP contribution in [0.4, 0.5) is 0 Å². The number of hydrogen-bond donors (Lipinski definition) is 0. The fourth-order valence-corrected chi connectivity index (χ4v) is 2.54. The van der Waals surface area contributed by atoms with Gasteiger partial charge in [-0.05, 0) is 32.8 Å². The Bertz CT molecular complexity index is 586. The van der Waals surface area contributed by atoms with Gasteiger partial charge in [-0.1, -0.05) is 5.16 Å². The zero-order valence-electron chi connectivity index (χ0n) is 11.6. The highest BCUT2D eigenvalue weighted by atomic mass is 16.5. The Morgan fingerprint density at radius 1 is 1.32 bits per heavy atom. The third kappa shape index (κ3) is 2.38. The van der Waals surface area contributed by atoms with E-state index in [1.165, 1.54) is 11.1 Å². The van der Waals surface area contributed by atoms with Gasteiger partial charge >= 0.3 is 0 Å². The predicted octanol–water partition coefficient (Wildman–Crippen LogP) is 1.95. The summed E-state index contributed by atoms with van der Waals surface area (Å²) in [4.78, 5) is 11.2. The molecule has 100 valence electrons. The van der Waals surface area contributed by atoms with Gasteiger partial charge in [-0.15, -0.1) is 0 Å². The quantitative estimate of drug-likeness (QED) is 0.824. The molecule has 0 aliphatic carbocycles.